The number of hydrogen-bond acceptors (Lipinski definition) is 6. The number of ether oxygens (including phenoxy) is 2. The van der Waals surface area contributed by atoms with Crippen LogP contribution in [0.1, 0.15) is 28.5 Å². The van der Waals surface area contributed by atoms with Crippen LogP contribution in [0.25, 0.3) is 5.69 Å². The van der Waals surface area contributed by atoms with E-state index < -0.39 is 24.0 Å². The smallest absolute Gasteiger partial charge is 0.362 e. The predicted octanol–water partition coefficient (Wildman–Crippen LogP) is 3.07. The molecule has 0 aliphatic carbocycles. The molecule has 0 fully saturated rings. The van der Waals surface area contributed by atoms with Crippen molar-refractivity contribution in [1.29, 1.82) is 0 Å². The molecule has 3 rings (SSSR count). The second-order valence-corrected chi connectivity index (χ2v) is 7.29. The van der Waals surface area contributed by atoms with Crippen LogP contribution >= 0.6 is 11.6 Å². The summed E-state index contributed by atoms with van der Waals surface area (Å²) in [7, 11) is 0. The Kier molecular flexibility index (Phi) is 7.62. The Morgan fingerprint density at radius 2 is 1.78 bits per heavy atom. The first-order valence-electron chi connectivity index (χ1n) is 9.90. The first kappa shape index (κ1) is 23.0. The topological polar surface area (TPSA) is 99.5 Å². The molecule has 2 aromatic carbocycles. The van der Waals surface area contributed by atoms with Gasteiger partial charge in [-0.2, -0.15) is 9.78 Å². The van der Waals surface area contributed by atoms with Crippen molar-refractivity contribution in [2.45, 2.75) is 20.4 Å². The average Bonchev–Trinajstić information content (AvgIpc) is 2.78. The number of hydrogen-bond donors (Lipinski definition) is 1. The second kappa shape index (κ2) is 10.6. The molecule has 3 aromatic rings. The molecule has 0 aliphatic heterocycles. The van der Waals surface area contributed by atoms with E-state index in [4.69, 9.17) is 21.1 Å². The van der Waals surface area contributed by atoms with E-state index in [-0.39, 0.29) is 24.6 Å². The zero-order valence-corrected chi connectivity index (χ0v) is 18.4. The van der Waals surface area contributed by atoms with Gasteiger partial charge in [0.1, 0.15) is 0 Å². The molecule has 166 valence electrons. The van der Waals surface area contributed by atoms with Crippen molar-refractivity contribution in [2.24, 2.45) is 0 Å². The molecule has 1 amide bonds. The quantitative estimate of drug-likeness (QED) is 0.524. The third-order valence-corrected chi connectivity index (χ3v) is 4.66. The van der Waals surface area contributed by atoms with Gasteiger partial charge in [0.05, 0.1) is 18.4 Å². The molecular weight excluding hydrogens is 434 g/mol. The van der Waals surface area contributed by atoms with Crippen LogP contribution in [0.3, 0.4) is 0 Å². The van der Waals surface area contributed by atoms with E-state index in [0.717, 1.165) is 21.9 Å². The molecule has 1 heterocycles. The number of aryl methyl sites for hydroxylation is 1. The van der Waals surface area contributed by atoms with Gasteiger partial charge in [-0.1, -0.05) is 41.4 Å². The van der Waals surface area contributed by atoms with Crippen molar-refractivity contribution < 1.29 is 19.1 Å². The van der Waals surface area contributed by atoms with Gasteiger partial charge in [0.25, 0.3) is 11.5 Å². The minimum absolute atomic E-state index is 0.116. The Morgan fingerprint density at radius 1 is 1.09 bits per heavy atom. The molecule has 0 spiro atoms. The summed E-state index contributed by atoms with van der Waals surface area (Å²) in [6.07, 6.45) is 0. The number of esters is 1. The third kappa shape index (κ3) is 5.95. The Labute approximate surface area is 189 Å². The van der Waals surface area contributed by atoms with Crippen molar-refractivity contribution in [2.75, 3.05) is 13.2 Å². The van der Waals surface area contributed by atoms with Gasteiger partial charge in [-0.3, -0.25) is 9.59 Å². The number of carbonyl (C=O) groups excluding carboxylic acids is 2. The summed E-state index contributed by atoms with van der Waals surface area (Å²) < 4.78 is 11.6. The van der Waals surface area contributed by atoms with Crippen LogP contribution in [-0.4, -0.2) is 34.9 Å². The van der Waals surface area contributed by atoms with E-state index in [1.165, 1.54) is 0 Å². The van der Waals surface area contributed by atoms with Gasteiger partial charge in [-0.05, 0) is 43.7 Å². The maximum atomic E-state index is 12.6. The van der Waals surface area contributed by atoms with Crippen molar-refractivity contribution >= 4 is 23.5 Å². The van der Waals surface area contributed by atoms with Gasteiger partial charge in [0, 0.05) is 11.6 Å². The maximum Gasteiger partial charge on any atom is 0.362 e. The summed E-state index contributed by atoms with van der Waals surface area (Å²) in [5.41, 5.74) is 1.64. The van der Waals surface area contributed by atoms with Crippen LogP contribution in [0.5, 0.6) is 5.75 Å². The molecule has 1 aromatic heterocycles. The van der Waals surface area contributed by atoms with Crippen LogP contribution in [0.2, 0.25) is 5.02 Å². The summed E-state index contributed by atoms with van der Waals surface area (Å²) in [5, 5.41) is 7.42. The fourth-order valence-corrected chi connectivity index (χ4v) is 2.89. The van der Waals surface area contributed by atoms with E-state index in [9.17, 15) is 14.4 Å². The Balaban J connectivity index is 1.76. The van der Waals surface area contributed by atoms with Gasteiger partial charge in [-0.25, -0.2) is 4.79 Å². The molecule has 0 radical (unpaired) electrons. The lowest BCUT2D eigenvalue weighted by atomic mass is 10.2. The lowest BCUT2D eigenvalue weighted by Crippen LogP contribution is -2.30. The van der Waals surface area contributed by atoms with Crippen molar-refractivity contribution in [1.82, 2.24) is 15.1 Å². The Hall–Kier alpha value is -3.65. The van der Waals surface area contributed by atoms with Crippen molar-refractivity contribution in [3.63, 3.8) is 0 Å². The highest BCUT2D eigenvalue weighted by molar-refractivity contribution is 6.30. The van der Waals surface area contributed by atoms with Gasteiger partial charge >= 0.3 is 5.97 Å². The monoisotopic (exact) mass is 455 g/mol. The van der Waals surface area contributed by atoms with E-state index in [0.29, 0.717) is 10.7 Å². The Morgan fingerprint density at radius 3 is 2.44 bits per heavy atom. The maximum absolute atomic E-state index is 12.6. The highest BCUT2D eigenvalue weighted by Crippen LogP contribution is 2.17. The summed E-state index contributed by atoms with van der Waals surface area (Å²) in [6.45, 7) is 3.55. The number of carbonyl (C=O) groups is 2. The van der Waals surface area contributed by atoms with E-state index in [1.54, 1.807) is 43.3 Å². The number of halogens is 1. The molecule has 0 bridgehead atoms. The normalized spacial score (nSPS) is 10.5. The number of aromatic nitrogens is 2. The molecule has 0 saturated heterocycles. The fraction of sp³-hybridized carbons (Fsp3) is 0.217. The summed E-state index contributed by atoms with van der Waals surface area (Å²) in [5.74, 6) is -1.32. The number of nitrogens with zero attached hydrogens (tertiary/aromatic N) is 2. The minimum atomic E-state index is -0.759. The number of rotatable bonds is 8. The van der Waals surface area contributed by atoms with Crippen LogP contribution in [0.15, 0.2) is 59.4 Å². The van der Waals surface area contributed by atoms with Gasteiger partial charge in [0.15, 0.2) is 12.4 Å². The minimum Gasteiger partial charge on any atom is -0.481 e. The standard InChI is InChI=1S/C23H22ClN3O5/c1-3-31-23(30)22-19(12-21(29)27(26-22)18-10-4-15(2)5-11-18)32-14-20(28)25-13-16-6-8-17(24)9-7-16/h4-12H,3,13-14H2,1-2H3,(H,25,28). The van der Waals surface area contributed by atoms with E-state index >= 15 is 0 Å². The number of benzene rings is 2. The molecule has 8 nitrogen and oxygen atoms in total. The zero-order chi connectivity index (χ0) is 23.1. The molecule has 9 heteroatoms. The van der Waals surface area contributed by atoms with Crippen LogP contribution in [0.4, 0.5) is 0 Å². The largest absolute Gasteiger partial charge is 0.481 e. The predicted molar refractivity (Wildman–Crippen MR) is 119 cm³/mol. The molecule has 1 N–H and O–H groups in total. The van der Waals surface area contributed by atoms with Crippen molar-refractivity contribution in [3.8, 4) is 11.4 Å². The second-order valence-electron chi connectivity index (χ2n) is 6.86. The molecule has 0 atom stereocenters. The summed E-state index contributed by atoms with van der Waals surface area (Å²) in [4.78, 5) is 37.2. The van der Waals surface area contributed by atoms with E-state index in [1.807, 2.05) is 19.1 Å². The molecule has 0 saturated carbocycles. The molecule has 0 aliphatic rings. The fourth-order valence-electron chi connectivity index (χ4n) is 2.76. The first-order chi connectivity index (χ1) is 15.4. The van der Waals surface area contributed by atoms with Crippen LogP contribution < -0.4 is 15.6 Å². The summed E-state index contributed by atoms with van der Waals surface area (Å²) >= 11 is 5.85. The Bertz CT molecular complexity index is 1160. The SMILES string of the molecule is CCOC(=O)c1nn(-c2ccc(C)cc2)c(=O)cc1OCC(=O)NCc1ccc(Cl)cc1. The van der Waals surface area contributed by atoms with Crippen molar-refractivity contribution in [3.05, 3.63) is 86.8 Å². The lowest BCUT2D eigenvalue weighted by Gasteiger charge is -2.13. The molecular formula is C23H22ClN3O5. The summed E-state index contributed by atoms with van der Waals surface area (Å²) in [6, 6.07) is 15.2. The van der Waals surface area contributed by atoms with Gasteiger partial charge in [0.2, 0.25) is 5.69 Å². The zero-order valence-electron chi connectivity index (χ0n) is 17.6. The highest BCUT2D eigenvalue weighted by Gasteiger charge is 2.20. The molecule has 0 unspecified atom stereocenters. The molecule has 32 heavy (non-hydrogen) atoms. The average molecular weight is 456 g/mol. The highest BCUT2D eigenvalue weighted by atomic mass is 35.5. The first-order valence-corrected chi connectivity index (χ1v) is 10.3. The third-order valence-electron chi connectivity index (χ3n) is 4.41. The van der Waals surface area contributed by atoms with Gasteiger partial charge < -0.3 is 14.8 Å². The number of amides is 1. The number of nitrogens with one attached hydrogen (secondary N) is 1. The van der Waals surface area contributed by atoms with Crippen LogP contribution in [0, 0.1) is 6.92 Å². The van der Waals surface area contributed by atoms with E-state index in [2.05, 4.69) is 10.4 Å². The van der Waals surface area contributed by atoms with Gasteiger partial charge in [-0.15, -0.1) is 0 Å². The van der Waals surface area contributed by atoms with Crippen LogP contribution in [-0.2, 0) is 16.1 Å². The lowest BCUT2D eigenvalue weighted by molar-refractivity contribution is -0.123.